The van der Waals surface area contributed by atoms with E-state index in [2.05, 4.69) is 31.0 Å². The van der Waals surface area contributed by atoms with E-state index in [1.54, 1.807) is 0 Å². The molecular weight excluding hydrogens is 248 g/mol. The number of nitrogens with one attached hydrogen (secondary N) is 1. The molecule has 112 valence electrons. The van der Waals surface area contributed by atoms with Crippen LogP contribution in [0.15, 0.2) is 41.6 Å². The fourth-order valence-corrected chi connectivity index (χ4v) is 1.29. The fraction of sp³-hybridized carbons (Fsp3) is 0.471. The Morgan fingerprint density at radius 3 is 2.10 bits per heavy atom. The summed E-state index contributed by atoms with van der Waals surface area (Å²) >= 11 is 0. The van der Waals surface area contributed by atoms with Gasteiger partial charge in [-0.05, 0) is 57.5 Å². The minimum absolute atomic E-state index is 0.195. The van der Waals surface area contributed by atoms with Crippen molar-refractivity contribution in [3.05, 3.63) is 42.1 Å². The van der Waals surface area contributed by atoms with Gasteiger partial charge in [0.15, 0.2) is 0 Å². The van der Waals surface area contributed by atoms with E-state index in [1.807, 2.05) is 52.0 Å². The topological polar surface area (TPSA) is 33.6 Å². The average Bonchev–Trinajstić information content (AvgIpc) is 2.37. The fourth-order valence-electron chi connectivity index (χ4n) is 1.29. The lowest BCUT2D eigenvalue weighted by Gasteiger charge is -2.10. The molecule has 0 spiro atoms. The molecule has 0 saturated heterocycles. The summed E-state index contributed by atoms with van der Waals surface area (Å²) in [7, 11) is 0. The normalized spacial score (nSPS) is 10.7. The summed E-state index contributed by atoms with van der Waals surface area (Å²) < 4.78 is 5.58. The molecule has 0 amide bonds. The molecule has 0 unspecified atom stereocenters. The lowest BCUT2D eigenvalue weighted by molar-refractivity contribution is 0.242. The number of hydrazone groups is 1. The lowest BCUT2D eigenvalue weighted by atomic mass is 10.1. The van der Waals surface area contributed by atoms with Gasteiger partial charge in [0.25, 0.3) is 0 Å². The quantitative estimate of drug-likeness (QED) is 0.622. The standard InChI is InChI=1S/C14H20N2O.C3H8/c1-10(2)15-16-12(5)13-6-8-14(9-7-13)17-11(3)4;1-3-2/h6-9,11,15H,1H2,2-5H3;3H2,1-2H3/b16-12+;. The van der Waals surface area contributed by atoms with Gasteiger partial charge in [0.2, 0.25) is 0 Å². The van der Waals surface area contributed by atoms with Crippen LogP contribution in [-0.2, 0) is 0 Å². The Morgan fingerprint density at radius 2 is 1.70 bits per heavy atom. The second-order valence-corrected chi connectivity index (χ2v) is 4.99. The van der Waals surface area contributed by atoms with E-state index >= 15 is 0 Å². The van der Waals surface area contributed by atoms with E-state index in [9.17, 15) is 0 Å². The lowest BCUT2D eigenvalue weighted by Crippen LogP contribution is -2.07. The maximum atomic E-state index is 5.58. The van der Waals surface area contributed by atoms with Crippen molar-refractivity contribution < 1.29 is 4.74 Å². The molecular formula is C17H28N2O. The van der Waals surface area contributed by atoms with Crippen molar-refractivity contribution in [2.75, 3.05) is 0 Å². The third-order valence-corrected chi connectivity index (χ3v) is 2.06. The van der Waals surface area contributed by atoms with Crippen molar-refractivity contribution in [2.45, 2.75) is 54.1 Å². The Kier molecular flexibility index (Phi) is 9.18. The van der Waals surface area contributed by atoms with Crippen LogP contribution in [0.1, 0.15) is 53.5 Å². The molecule has 0 aliphatic carbocycles. The minimum Gasteiger partial charge on any atom is -0.491 e. The molecule has 0 bridgehead atoms. The number of hydrogen-bond donors (Lipinski definition) is 1. The number of ether oxygens (including phenoxy) is 1. The van der Waals surface area contributed by atoms with E-state index < -0.39 is 0 Å². The first-order valence-corrected chi connectivity index (χ1v) is 7.13. The number of benzene rings is 1. The zero-order chi connectivity index (χ0) is 15.5. The smallest absolute Gasteiger partial charge is 0.119 e. The molecule has 0 aliphatic rings. The van der Waals surface area contributed by atoms with Gasteiger partial charge in [-0.2, -0.15) is 5.10 Å². The SMILES string of the molecule is C=C(C)N/N=C(\C)c1ccc(OC(C)C)cc1.CCC. The molecule has 0 heterocycles. The molecule has 0 saturated carbocycles. The van der Waals surface area contributed by atoms with Gasteiger partial charge < -0.3 is 4.74 Å². The van der Waals surface area contributed by atoms with Crippen LogP contribution in [-0.4, -0.2) is 11.8 Å². The molecule has 1 aromatic rings. The Bertz CT molecular complexity index is 419. The van der Waals surface area contributed by atoms with Crippen LogP contribution in [0, 0.1) is 0 Å². The first-order valence-electron chi connectivity index (χ1n) is 7.13. The highest BCUT2D eigenvalue weighted by Crippen LogP contribution is 2.14. The van der Waals surface area contributed by atoms with Gasteiger partial charge in [-0.1, -0.05) is 26.8 Å². The Labute approximate surface area is 123 Å². The van der Waals surface area contributed by atoms with Gasteiger partial charge in [-0.15, -0.1) is 0 Å². The zero-order valence-electron chi connectivity index (χ0n) is 13.7. The van der Waals surface area contributed by atoms with Crippen LogP contribution in [0.25, 0.3) is 0 Å². The van der Waals surface area contributed by atoms with Gasteiger partial charge in [0.05, 0.1) is 11.8 Å². The first kappa shape index (κ1) is 18.2. The van der Waals surface area contributed by atoms with Crippen molar-refractivity contribution >= 4 is 5.71 Å². The van der Waals surface area contributed by atoms with Crippen LogP contribution in [0.5, 0.6) is 5.75 Å². The van der Waals surface area contributed by atoms with Crippen LogP contribution in [0.3, 0.4) is 0 Å². The maximum Gasteiger partial charge on any atom is 0.119 e. The minimum atomic E-state index is 0.195. The molecule has 1 N–H and O–H groups in total. The first-order chi connectivity index (χ1) is 9.40. The molecule has 0 aromatic heterocycles. The molecule has 0 aliphatic heterocycles. The number of rotatable bonds is 5. The second kappa shape index (κ2) is 10.1. The van der Waals surface area contributed by atoms with E-state index in [4.69, 9.17) is 4.74 Å². The summed E-state index contributed by atoms with van der Waals surface area (Å²) in [6.07, 6.45) is 1.45. The zero-order valence-corrected chi connectivity index (χ0v) is 13.7. The Balaban J connectivity index is 0.00000110. The van der Waals surface area contributed by atoms with Crippen molar-refractivity contribution in [2.24, 2.45) is 5.10 Å². The molecule has 0 fully saturated rings. The summed E-state index contributed by atoms with van der Waals surface area (Å²) in [5.41, 5.74) is 5.66. The predicted molar refractivity (Wildman–Crippen MR) is 88.3 cm³/mol. The third kappa shape index (κ3) is 8.35. The van der Waals surface area contributed by atoms with Gasteiger partial charge in [-0.25, -0.2) is 0 Å². The van der Waals surface area contributed by atoms with Crippen LogP contribution in [0.2, 0.25) is 0 Å². The van der Waals surface area contributed by atoms with Crippen molar-refractivity contribution in [3.63, 3.8) is 0 Å². The average molecular weight is 276 g/mol. The summed E-state index contributed by atoms with van der Waals surface area (Å²) in [6, 6.07) is 7.90. The van der Waals surface area contributed by atoms with E-state index in [-0.39, 0.29) is 6.10 Å². The molecule has 0 radical (unpaired) electrons. The van der Waals surface area contributed by atoms with Gasteiger partial charge in [-0.3, -0.25) is 5.43 Å². The Hall–Kier alpha value is -1.77. The molecule has 1 aromatic carbocycles. The van der Waals surface area contributed by atoms with E-state index in [1.165, 1.54) is 6.42 Å². The molecule has 3 nitrogen and oxygen atoms in total. The largest absolute Gasteiger partial charge is 0.491 e. The summed E-state index contributed by atoms with van der Waals surface area (Å²) in [5, 5.41) is 4.21. The highest BCUT2D eigenvalue weighted by Gasteiger charge is 2.00. The van der Waals surface area contributed by atoms with Crippen molar-refractivity contribution in [3.8, 4) is 5.75 Å². The van der Waals surface area contributed by atoms with Crippen LogP contribution < -0.4 is 10.2 Å². The summed E-state index contributed by atoms with van der Waals surface area (Å²) in [5.74, 6) is 0.879. The van der Waals surface area contributed by atoms with E-state index in [0.29, 0.717) is 0 Å². The highest BCUT2D eigenvalue weighted by molar-refractivity contribution is 5.98. The van der Waals surface area contributed by atoms with Crippen LogP contribution in [0.4, 0.5) is 0 Å². The highest BCUT2D eigenvalue weighted by atomic mass is 16.5. The van der Waals surface area contributed by atoms with E-state index in [0.717, 1.165) is 22.7 Å². The van der Waals surface area contributed by atoms with Crippen molar-refractivity contribution in [1.29, 1.82) is 0 Å². The number of hydrogen-bond acceptors (Lipinski definition) is 3. The van der Waals surface area contributed by atoms with Crippen LogP contribution >= 0.6 is 0 Å². The number of allylic oxidation sites excluding steroid dienone is 1. The molecule has 0 atom stereocenters. The Morgan fingerprint density at radius 1 is 1.20 bits per heavy atom. The molecule has 1 rings (SSSR count). The summed E-state index contributed by atoms with van der Waals surface area (Å²) in [4.78, 5) is 0. The third-order valence-electron chi connectivity index (χ3n) is 2.06. The molecule has 3 heteroatoms. The van der Waals surface area contributed by atoms with Gasteiger partial charge >= 0.3 is 0 Å². The second-order valence-electron chi connectivity index (χ2n) is 4.99. The predicted octanol–water partition coefficient (Wildman–Crippen LogP) is 4.74. The maximum absolute atomic E-state index is 5.58. The molecule has 20 heavy (non-hydrogen) atoms. The monoisotopic (exact) mass is 276 g/mol. The van der Waals surface area contributed by atoms with Crippen molar-refractivity contribution in [1.82, 2.24) is 5.43 Å². The van der Waals surface area contributed by atoms with Gasteiger partial charge in [0, 0.05) is 5.70 Å². The van der Waals surface area contributed by atoms with Gasteiger partial charge in [0.1, 0.15) is 5.75 Å². The summed E-state index contributed by atoms with van der Waals surface area (Å²) in [6.45, 7) is 15.8. The number of nitrogens with zero attached hydrogens (tertiary/aromatic N) is 1.